The van der Waals surface area contributed by atoms with E-state index < -0.39 is 0 Å². The average molecular weight is 262 g/mol. The zero-order valence-corrected chi connectivity index (χ0v) is 11.4. The normalized spacial score (nSPS) is 11.8. The highest BCUT2D eigenvalue weighted by molar-refractivity contribution is 6.32. The van der Waals surface area contributed by atoms with Crippen LogP contribution in [0.3, 0.4) is 0 Å². The first kappa shape index (κ1) is 13.8. The third-order valence-electron chi connectivity index (χ3n) is 2.12. The largest absolute Gasteiger partial charge is 0.375 e. The smallest absolute Gasteiger partial charge is 0.129 e. The zero-order chi connectivity index (χ0) is 12.2. The maximum atomic E-state index is 5.96. The van der Waals surface area contributed by atoms with Gasteiger partial charge in [0.1, 0.15) is 5.15 Å². The number of halogens is 2. The quantitative estimate of drug-likeness (QED) is 0.594. The third-order valence-corrected chi connectivity index (χ3v) is 2.67. The number of pyridine rings is 1. The molecule has 0 fully saturated rings. The minimum Gasteiger partial charge on any atom is -0.375 e. The lowest BCUT2D eigenvalue weighted by molar-refractivity contribution is 0.0941. The van der Waals surface area contributed by atoms with Gasteiger partial charge >= 0.3 is 0 Å². The van der Waals surface area contributed by atoms with Crippen LogP contribution >= 0.6 is 23.2 Å². The SMILES string of the molecule is CC(C)(C)CCOCc1nc(Cl)ccc1Cl. The highest BCUT2D eigenvalue weighted by Crippen LogP contribution is 2.20. The van der Waals surface area contributed by atoms with Gasteiger partial charge in [0.25, 0.3) is 0 Å². The van der Waals surface area contributed by atoms with Gasteiger partial charge in [0, 0.05) is 6.61 Å². The van der Waals surface area contributed by atoms with E-state index >= 15 is 0 Å². The van der Waals surface area contributed by atoms with Crippen LogP contribution in [0.1, 0.15) is 32.9 Å². The van der Waals surface area contributed by atoms with Crippen LogP contribution in [0, 0.1) is 5.41 Å². The van der Waals surface area contributed by atoms with Crippen molar-refractivity contribution < 1.29 is 4.74 Å². The molecule has 0 aliphatic rings. The molecule has 0 atom stereocenters. The van der Waals surface area contributed by atoms with Gasteiger partial charge in [-0.1, -0.05) is 44.0 Å². The van der Waals surface area contributed by atoms with E-state index in [-0.39, 0.29) is 5.41 Å². The molecule has 16 heavy (non-hydrogen) atoms. The van der Waals surface area contributed by atoms with Crippen LogP contribution < -0.4 is 0 Å². The summed E-state index contributed by atoms with van der Waals surface area (Å²) >= 11 is 11.7. The molecule has 1 rings (SSSR count). The van der Waals surface area contributed by atoms with Crippen molar-refractivity contribution in [3.63, 3.8) is 0 Å². The van der Waals surface area contributed by atoms with E-state index in [0.29, 0.717) is 29.1 Å². The lowest BCUT2D eigenvalue weighted by Crippen LogP contribution is -2.09. The number of hydrogen-bond donors (Lipinski definition) is 0. The highest BCUT2D eigenvalue weighted by atomic mass is 35.5. The van der Waals surface area contributed by atoms with Gasteiger partial charge in [-0.05, 0) is 24.0 Å². The molecule has 0 amide bonds. The second-order valence-electron chi connectivity index (χ2n) is 4.93. The van der Waals surface area contributed by atoms with E-state index in [1.807, 2.05) is 0 Å². The molecule has 2 nitrogen and oxygen atoms in total. The van der Waals surface area contributed by atoms with Crippen LogP contribution in [-0.4, -0.2) is 11.6 Å². The summed E-state index contributed by atoms with van der Waals surface area (Å²) in [6.07, 6.45) is 1.01. The molecule has 0 bridgehead atoms. The van der Waals surface area contributed by atoms with Crippen molar-refractivity contribution in [2.75, 3.05) is 6.61 Å². The van der Waals surface area contributed by atoms with Gasteiger partial charge in [0.15, 0.2) is 0 Å². The highest BCUT2D eigenvalue weighted by Gasteiger charge is 2.10. The molecule has 0 aliphatic heterocycles. The standard InChI is InChI=1S/C12H17Cl2NO/c1-12(2,3)6-7-16-8-10-9(13)4-5-11(14)15-10/h4-5H,6-8H2,1-3H3. The number of ether oxygens (including phenoxy) is 1. The first-order chi connectivity index (χ1) is 7.38. The first-order valence-electron chi connectivity index (χ1n) is 5.27. The van der Waals surface area contributed by atoms with Crippen molar-refractivity contribution in [3.8, 4) is 0 Å². The van der Waals surface area contributed by atoms with Gasteiger partial charge in [-0.25, -0.2) is 4.98 Å². The van der Waals surface area contributed by atoms with Crippen molar-refractivity contribution in [1.82, 2.24) is 4.98 Å². The summed E-state index contributed by atoms with van der Waals surface area (Å²) in [6.45, 7) is 7.66. The van der Waals surface area contributed by atoms with E-state index in [1.165, 1.54) is 0 Å². The van der Waals surface area contributed by atoms with Gasteiger partial charge in [-0.3, -0.25) is 0 Å². The van der Waals surface area contributed by atoms with E-state index in [2.05, 4.69) is 25.8 Å². The topological polar surface area (TPSA) is 22.1 Å². The van der Waals surface area contributed by atoms with Crippen molar-refractivity contribution in [2.45, 2.75) is 33.8 Å². The van der Waals surface area contributed by atoms with Crippen LogP contribution in [0.4, 0.5) is 0 Å². The molecule has 0 spiro atoms. The van der Waals surface area contributed by atoms with Gasteiger partial charge < -0.3 is 4.74 Å². The van der Waals surface area contributed by atoms with Crippen molar-refractivity contribution >= 4 is 23.2 Å². The van der Waals surface area contributed by atoms with Crippen molar-refractivity contribution in [1.29, 1.82) is 0 Å². The fourth-order valence-corrected chi connectivity index (χ4v) is 1.43. The minimum atomic E-state index is 0.283. The summed E-state index contributed by atoms with van der Waals surface area (Å²) in [6, 6.07) is 3.40. The second-order valence-corrected chi connectivity index (χ2v) is 5.72. The number of rotatable bonds is 4. The zero-order valence-electron chi connectivity index (χ0n) is 9.89. The van der Waals surface area contributed by atoms with Crippen LogP contribution in [0.5, 0.6) is 0 Å². The fourth-order valence-electron chi connectivity index (χ4n) is 1.11. The fraction of sp³-hybridized carbons (Fsp3) is 0.583. The Morgan fingerprint density at radius 1 is 1.25 bits per heavy atom. The van der Waals surface area contributed by atoms with Gasteiger partial charge in [0.05, 0.1) is 17.3 Å². The lowest BCUT2D eigenvalue weighted by atomic mass is 9.93. The molecule has 90 valence electrons. The van der Waals surface area contributed by atoms with Crippen molar-refractivity contribution in [3.05, 3.63) is 28.0 Å². The molecule has 1 aromatic rings. The Labute approximate surface area is 107 Å². The molecular formula is C12H17Cl2NO. The van der Waals surface area contributed by atoms with E-state index in [0.717, 1.165) is 6.42 Å². The van der Waals surface area contributed by atoms with Gasteiger partial charge in [-0.15, -0.1) is 0 Å². The monoisotopic (exact) mass is 261 g/mol. The van der Waals surface area contributed by atoms with Crippen LogP contribution in [0.2, 0.25) is 10.2 Å². The molecule has 1 heterocycles. The van der Waals surface area contributed by atoms with Gasteiger partial charge in [-0.2, -0.15) is 0 Å². The summed E-state index contributed by atoms with van der Waals surface area (Å²) in [5, 5.41) is 1.04. The van der Waals surface area contributed by atoms with Crippen LogP contribution in [0.25, 0.3) is 0 Å². The van der Waals surface area contributed by atoms with Crippen LogP contribution in [0.15, 0.2) is 12.1 Å². The summed E-state index contributed by atoms with van der Waals surface area (Å²) in [5.41, 5.74) is 0.981. The molecule has 1 aromatic heterocycles. The Hall–Kier alpha value is -0.310. The third kappa shape index (κ3) is 5.15. The average Bonchev–Trinajstić information content (AvgIpc) is 2.16. The Morgan fingerprint density at radius 3 is 2.56 bits per heavy atom. The molecule has 0 saturated carbocycles. The predicted octanol–water partition coefficient (Wildman–Crippen LogP) is 4.34. The summed E-state index contributed by atoms with van der Waals surface area (Å²) in [4.78, 5) is 4.12. The first-order valence-corrected chi connectivity index (χ1v) is 6.03. The number of nitrogens with zero attached hydrogens (tertiary/aromatic N) is 1. The van der Waals surface area contributed by atoms with E-state index in [4.69, 9.17) is 27.9 Å². The van der Waals surface area contributed by atoms with Crippen molar-refractivity contribution in [2.24, 2.45) is 5.41 Å². The second kappa shape index (κ2) is 5.85. The molecule has 0 aromatic carbocycles. The molecule has 0 radical (unpaired) electrons. The Balaban J connectivity index is 2.40. The predicted molar refractivity (Wildman–Crippen MR) is 68.0 cm³/mol. The molecule has 0 aliphatic carbocycles. The van der Waals surface area contributed by atoms with E-state index in [9.17, 15) is 0 Å². The molecule has 4 heteroatoms. The maximum absolute atomic E-state index is 5.96. The molecular weight excluding hydrogens is 245 g/mol. The Bertz CT molecular complexity index is 347. The number of hydrogen-bond acceptors (Lipinski definition) is 2. The lowest BCUT2D eigenvalue weighted by Gasteiger charge is -2.17. The summed E-state index contributed by atoms with van der Waals surface area (Å²) < 4.78 is 5.53. The Morgan fingerprint density at radius 2 is 1.94 bits per heavy atom. The maximum Gasteiger partial charge on any atom is 0.129 e. The Kier molecular flexibility index (Phi) is 5.03. The summed E-state index contributed by atoms with van der Waals surface area (Å²) in [5.74, 6) is 0. The molecule has 0 saturated heterocycles. The molecule has 0 N–H and O–H groups in total. The molecule has 0 unspecified atom stereocenters. The minimum absolute atomic E-state index is 0.283. The van der Waals surface area contributed by atoms with Gasteiger partial charge in [0.2, 0.25) is 0 Å². The van der Waals surface area contributed by atoms with E-state index in [1.54, 1.807) is 12.1 Å². The summed E-state index contributed by atoms with van der Waals surface area (Å²) in [7, 11) is 0. The number of aromatic nitrogens is 1. The van der Waals surface area contributed by atoms with Crippen LogP contribution in [-0.2, 0) is 11.3 Å².